The van der Waals surface area contributed by atoms with Gasteiger partial charge in [0.2, 0.25) is 0 Å². The molecule has 1 atom stereocenters. The highest BCUT2D eigenvalue weighted by Gasteiger charge is 2.08. The van der Waals surface area contributed by atoms with Gasteiger partial charge in [0.1, 0.15) is 5.75 Å². The predicted molar refractivity (Wildman–Crippen MR) is 91.2 cm³/mol. The lowest BCUT2D eigenvalue weighted by molar-refractivity contribution is 0.340. The summed E-state index contributed by atoms with van der Waals surface area (Å²) in [6.07, 6.45) is 0. The molecule has 3 heteroatoms. The van der Waals surface area contributed by atoms with Crippen molar-refractivity contribution in [2.75, 3.05) is 12.4 Å². The quantitative estimate of drug-likeness (QED) is 0.798. The van der Waals surface area contributed by atoms with E-state index in [0.717, 1.165) is 17.1 Å². The van der Waals surface area contributed by atoms with Gasteiger partial charge in [-0.3, -0.25) is 0 Å². The van der Waals surface area contributed by atoms with E-state index in [1.54, 1.807) is 0 Å². The van der Waals surface area contributed by atoms with Gasteiger partial charge < -0.3 is 10.5 Å². The molecule has 112 valence electrons. The lowest BCUT2D eigenvalue weighted by Crippen LogP contribution is -2.13. The summed E-state index contributed by atoms with van der Waals surface area (Å²) >= 11 is 1.82. The first-order valence-corrected chi connectivity index (χ1v) is 8.27. The van der Waals surface area contributed by atoms with Crippen molar-refractivity contribution >= 4 is 11.8 Å². The van der Waals surface area contributed by atoms with Gasteiger partial charge in [-0.05, 0) is 50.1 Å². The molecule has 0 amide bonds. The standard InChI is InChI=1S/C18H23NOS/c1-4-20-16-9-7-15(8-10-16)17(19)12-21-18-11-13(2)5-6-14(18)3/h5-11,17H,4,12,19H2,1-3H3. The van der Waals surface area contributed by atoms with Gasteiger partial charge in [-0.25, -0.2) is 0 Å². The summed E-state index contributed by atoms with van der Waals surface area (Å²) in [4.78, 5) is 1.32. The van der Waals surface area contributed by atoms with Gasteiger partial charge in [0, 0.05) is 16.7 Å². The van der Waals surface area contributed by atoms with Crippen molar-refractivity contribution < 1.29 is 4.74 Å². The van der Waals surface area contributed by atoms with E-state index in [4.69, 9.17) is 10.5 Å². The van der Waals surface area contributed by atoms with Gasteiger partial charge in [-0.1, -0.05) is 29.8 Å². The molecular weight excluding hydrogens is 278 g/mol. The van der Waals surface area contributed by atoms with E-state index < -0.39 is 0 Å². The SMILES string of the molecule is CCOc1ccc(C(N)CSc2cc(C)ccc2C)cc1. The van der Waals surface area contributed by atoms with Gasteiger partial charge in [0.05, 0.1) is 6.61 Å². The summed E-state index contributed by atoms with van der Waals surface area (Å²) in [5.41, 5.74) is 10.0. The van der Waals surface area contributed by atoms with Gasteiger partial charge in [0.25, 0.3) is 0 Å². The van der Waals surface area contributed by atoms with Crippen molar-refractivity contribution in [1.29, 1.82) is 0 Å². The fraction of sp³-hybridized carbons (Fsp3) is 0.333. The highest BCUT2D eigenvalue weighted by atomic mass is 32.2. The fourth-order valence-corrected chi connectivity index (χ4v) is 3.23. The zero-order valence-corrected chi connectivity index (χ0v) is 13.7. The van der Waals surface area contributed by atoms with Crippen molar-refractivity contribution in [3.8, 4) is 5.75 Å². The molecule has 0 spiro atoms. The van der Waals surface area contributed by atoms with Crippen LogP contribution < -0.4 is 10.5 Å². The molecule has 1 unspecified atom stereocenters. The first-order chi connectivity index (χ1) is 10.1. The van der Waals surface area contributed by atoms with Gasteiger partial charge in [-0.2, -0.15) is 0 Å². The first kappa shape index (κ1) is 15.9. The van der Waals surface area contributed by atoms with Crippen LogP contribution in [0.25, 0.3) is 0 Å². The molecular formula is C18H23NOS. The summed E-state index contributed by atoms with van der Waals surface area (Å²) < 4.78 is 5.45. The number of aryl methyl sites for hydroxylation is 2. The van der Waals surface area contributed by atoms with Crippen molar-refractivity contribution in [2.45, 2.75) is 31.7 Å². The smallest absolute Gasteiger partial charge is 0.119 e. The number of nitrogens with two attached hydrogens (primary N) is 1. The highest BCUT2D eigenvalue weighted by Crippen LogP contribution is 2.27. The molecule has 0 aliphatic rings. The minimum Gasteiger partial charge on any atom is -0.494 e. The lowest BCUT2D eigenvalue weighted by atomic mass is 10.1. The molecule has 2 aromatic rings. The van der Waals surface area contributed by atoms with E-state index in [1.807, 2.05) is 30.8 Å². The van der Waals surface area contributed by atoms with Crippen LogP contribution in [0, 0.1) is 13.8 Å². The summed E-state index contributed by atoms with van der Waals surface area (Å²) in [6.45, 7) is 6.94. The molecule has 21 heavy (non-hydrogen) atoms. The van der Waals surface area contributed by atoms with E-state index in [2.05, 4.69) is 44.2 Å². The Hall–Kier alpha value is -1.45. The Bertz CT molecular complexity index is 580. The van der Waals surface area contributed by atoms with Crippen molar-refractivity contribution in [2.24, 2.45) is 5.73 Å². The molecule has 0 aromatic heterocycles. The zero-order valence-electron chi connectivity index (χ0n) is 12.9. The third kappa shape index (κ3) is 4.51. The predicted octanol–water partition coefficient (Wildman–Crippen LogP) is 4.49. The van der Waals surface area contributed by atoms with Gasteiger partial charge >= 0.3 is 0 Å². The molecule has 0 aliphatic carbocycles. The number of benzene rings is 2. The Labute approximate surface area is 131 Å². The van der Waals surface area contributed by atoms with Crippen molar-refractivity contribution in [1.82, 2.24) is 0 Å². The molecule has 2 aromatic carbocycles. The second-order valence-corrected chi connectivity index (χ2v) is 6.25. The summed E-state index contributed by atoms with van der Waals surface area (Å²) in [7, 11) is 0. The fourth-order valence-electron chi connectivity index (χ4n) is 2.12. The summed E-state index contributed by atoms with van der Waals surface area (Å²) in [5, 5.41) is 0. The van der Waals surface area contributed by atoms with Crippen LogP contribution in [0.3, 0.4) is 0 Å². The molecule has 2 nitrogen and oxygen atoms in total. The first-order valence-electron chi connectivity index (χ1n) is 7.28. The highest BCUT2D eigenvalue weighted by molar-refractivity contribution is 7.99. The Kier molecular flexibility index (Phi) is 5.71. The average molecular weight is 301 g/mol. The van der Waals surface area contributed by atoms with Crippen LogP contribution in [-0.4, -0.2) is 12.4 Å². The van der Waals surface area contributed by atoms with Crippen LogP contribution in [0.2, 0.25) is 0 Å². The average Bonchev–Trinajstić information content (AvgIpc) is 2.49. The third-order valence-electron chi connectivity index (χ3n) is 3.38. The molecule has 0 aliphatic heterocycles. The number of rotatable bonds is 6. The topological polar surface area (TPSA) is 35.2 Å². The summed E-state index contributed by atoms with van der Waals surface area (Å²) in [6, 6.07) is 14.7. The van der Waals surface area contributed by atoms with Crippen LogP contribution in [0.15, 0.2) is 47.4 Å². The van der Waals surface area contributed by atoms with E-state index in [0.29, 0.717) is 6.61 Å². The normalized spacial score (nSPS) is 12.2. The maximum absolute atomic E-state index is 6.29. The maximum Gasteiger partial charge on any atom is 0.119 e. The monoisotopic (exact) mass is 301 g/mol. The maximum atomic E-state index is 6.29. The second kappa shape index (κ2) is 7.53. The molecule has 0 fully saturated rings. The van der Waals surface area contributed by atoms with E-state index in [1.165, 1.54) is 16.0 Å². The molecule has 0 saturated heterocycles. The lowest BCUT2D eigenvalue weighted by Gasteiger charge is -2.14. The number of hydrogen-bond acceptors (Lipinski definition) is 3. The second-order valence-electron chi connectivity index (χ2n) is 5.19. The van der Waals surface area contributed by atoms with Gasteiger partial charge in [0.15, 0.2) is 0 Å². The molecule has 0 radical (unpaired) electrons. The number of thioether (sulfide) groups is 1. The molecule has 0 heterocycles. The summed E-state index contributed by atoms with van der Waals surface area (Å²) in [5.74, 6) is 1.77. The van der Waals surface area contributed by atoms with E-state index in [9.17, 15) is 0 Å². The van der Waals surface area contributed by atoms with Crippen LogP contribution in [0.4, 0.5) is 0 Å². The Morgan fingerprint density at radius 2 is 1.81 bits per heavy atom. The van der Waals surface area contributed by atoms with Crippen molar-refractivity contribution in [3.05, 3.63) is 59.2 Å². The van der Waals surface area contributed by atoms with Crippen molar-refractivity contribution in [3.63, 3.8) is 0 Å². The largest absolute Gasteiger partial charge is 0.494 e. The van der Waals surface area contributed by atoms with E-state index >= 15 is 0 Å². The zero-order chi connectivity index (χ0) is 15.2. The number of ether oxygens (including phenoxy) is 1. The van der Waals surface area contributed by atoms with Crippen LogP contribution >= 0.6 is 11.8 Å². The van der Waals surface area contributed by atoms with Gasteiger partial charge in [-0.15, -0.1) is 11.8 Å². The molecule has 0 saturated carbocycles. The van der Waals surface area contributed by atoms with Crippen LogP contribution in [0.5, 0.6) is 5.75 Å². The van der Waals surface area contributed by atoms with Crippen LogP contribution in [0.1, 0.15) is 29.7 Å². The number of hydrogen-bond donors (Lipinski definition) is 1. The minimum absolute atomic E-state index is 0.0330. The molecule has 2 rings (SSSR count). The minimum atomic E-state index is 0.0330. The molecule has 2 N–H and O–H groups in total. The molecule has 0 bridgehead atoms. The van der Waals surface area contributed by atoms with E-state index in [-0.39, 0.29) is 6.04 Å². The van der Waals surface area contributed by atoms with Crippen LogP contribution in [-0.2, 0) is 0 Å². The Balaban J connectivity index is 1.97. The third-order valence-corrected chi connectivity index (χ3v) is 4.66. The Morgan fingerprint density at radius 1 is 1.10 bits per heavy atom. The Morgan fingerprint density at radius 3 is 2.48 bits per heavy atom.